The van der Waals surface area contributed by atoms with Crippen molar-refractivity contribution in [2.45, 2.75) is 20.3 Å². The van der Waals surface area contributed by atoms with Crippen LogP contribution in [-0.4, -0.2) is 10.8 Å². The fourth-order valence-corrected chi connectivity index (χ4v) is 1.96. The predicted octanol–water partition coefficient (Wildman–Crippen LogP) is 2.78. The van der Waals surface area contributed by atoms with Crippen molar-refractivity contribution in [1.29, 1.82) is 0 Å². The average Bonchev–Trinajstić information content (AvgIpc) is 2.75. The van der Waals surface area contributed by atoms with Gasteiger partial charge in [0.2, 0.25) is 0 Å². The van der Waals surface area contributed by atoms with Crippen molar-refractivity contribution < 1.29 is 9.21 Å². The highest BCUT2D eigenvalue weighted by molar-refractivity contribution is 7.09. The van der Waals surface area contributed by atoms with Crippen molar-refractivity contribution >= 4 is 17.1 Å². The largest absolute Gasteiger partial charge is 0.469 e. The summed E-state index contributed by atoms with van der Waals surface area (Å²) in [5.41, 5.74) is 1.46. The van der Waals surface area contributed by atoms with Gasteiger partial charge < -0.3 is 4.42 Å². The van der Waals surface area contributed by atoms with E-state index >= 15 is 0 Å². The van der Waals surface area contributed by atoms with Gasteiger partial charge in [-0.2, -0.15) is 0 Å². The topological polar surface area (TPSA) is 43.1 Å². The van der Waals surface area contributed by atoms with Crippen LogP contribution in [-0.2, 0) is 6.42 Å². The van der Waals surface area contributed by atoms with Gasteiger partial charge in [-0.05, 0) is 19.9 Å². The minimum atomic E-state index is 0.0529. The van der Waals surface area contributed by atoms with Crippen molar-refractivity contribution in [1.82, 2.24) is 4.98 Å². The lowest BCUT2D eigenvalue weighted by molar-refractivity contribution is 0.0991. The average molecular weight is 221 g/mol. The van der Waals surface area contributed by atoms with Crippen molar-refractivity contribution in [3.8, 4) is 0 Å². The molecule has 78 valence electrons. The molecule has 2 heterocycles. The van der Waals surface area contributed by atoms with E-state index in [2.05, 4.69) is 4.98 Å². The van der Waals surface area contributed by atoms with Crippen molar-refractivity contribution in [2.75, 3.05) is 0 Å². The lowest BCUT2D eigenvalue weighted by Gasteiger charge is -1.92. The Balaban J connectivity index is 2.10. The molecule has 0 aliphatic carbocycles. The van der Waals surface area contributed by atoms with Crippen molar-refractivity contribution in [3.05, 3.63) is 39.7 Å². The number of furan rings is 1. The fraction of sp³-hybridized carbons (Fsp3) is 0.273. The lowest BCUT2D eigenvalue weighted by atomic mass is 10.1. The maximum atomic E-state index is 11.7. The Labute approximate surface area is 91.8 Å². The van der Waals surface area contributed by atoms with Crippen LogP contribution >= 0.6 is 11.3 Å². The Bertz CT molecular complexity index is 484. The molecular weight excluding hydrogens is 210 g/mol. The first-order valence-corrected chi connectivity index (χ1v) is 5.52. The number of nitrogens with zero attached hydrogens (tertiary/aromatic N) is 1. The first-order chi connectivity index (χ1) is 7.15. The normalized spacial score (nSPS) is 10.5. The van der Waals surface area contributed by atoms with Crippen LogP contribution in [0.5, 0.6) is 0 Å². The molecular formula is C11H11NO2S. The second kappa shape index (κ2) is 3.98. The number of ketones is 1. The zero-order chi connectivity index (χ0) is 10.8. The highest BCUT2D eigenvalue weighted by Gasteiger charge is 2.11. The molecule has 0 radical (unpaired) electrons. The van der Waals surface area contributed by atoms with E-state index in [1.165, 1.54) is 6.26 Å². The number of hydrogen-bond donors (Lipinski definition) is 0. The number of aromatic nitrogens is 1. The van der Waals surface area contributed by atoms with Crippen molar-refractivity contribution in [3.63, 3.8) is 0 Å². The SMILES string of the molecule is Cc1cc(C(=O)Cc2csc(C)n2)co1. The third-order valence-corrected chi connectivity index (χ3v) is 2.88. The lowest BCUT2D eigenvalue weighted by Crippen LogP contribution is -2.02. The molecule has 0 amide bonds. The number of carbonyl (C=O) groups is 1. The number of thiazole rings is 1. The molecule has 0 aromatic carbocycles. The summed E-state index contributed by atoms with van der Waals surface area (Å²) >= 11 is 1.56. The molecule has 2 aromatic rings. The van der Waals surface area contributed by atoms with Gasteiger partial charge in [0.15, 0.2) is 5.78 Å². The molecule has 0 N–H and O–H groups in total. The Morgan fingerprint density at radius 2 is 2.33 bits per heavy atom. The fourth-order valence-electron chi connectivity index (χ4n) is 1.35. The molecule has 3 nitrogen and oxygen atoms in total. The van der Waals surface area contributed by atoms with E-state index < -0.39 is 0 Å². The van der Waals surface area contributed by atoms with Gasteiger partial charge in [-0.1, -0.05) is 0 Å². The summed E-state index contributed by atoms with van der Waals surface area (Å²) in [4.78, 5) is 16.0. The van der Waals surface area contributed by atoms with E-state index in [1.54, 1.807) is 17.4 Å². The monoisotopic (exact) mass is 221 g/mol. The highest BCUT2D eigenvalue weighted by Crippen LogP contribution is 2.13. The summed E-state index contributed by atoms with van der Waals surface area (Å²) in [6.07, 6.45) is 1.85. The van der Waals surface area contributed by atoms with Gasteiger partial charge >= 0.3 is 0 Å². The standard InChI is InChI=1S/C11H11NO2S/c1-7-3-9(5-14-7)11(13)4-10-6-15-8(2)12-10/h3,5-6H,4H2,1-2H3. The second-order valence-corrected chi connectivity index (χ2v) is 4.47. The molecule has 0 aliphatic rings. The van der Waals surface area contributed by atoms with Gasteiger partial charge in [-0.15, -0.1) is 11.3 Å². The van der Waals surface area contributed by atoms with Crippen molar-refractivity contribution in [2.24, 2.45) is 0 Å². The number of Topliss-reactive ketones (excluding diaryl/α,β-unsaturated/α-hetero) is 1. The van der Waals surface area contributed by atoms with E-state index in [9.17, 15) is 4.79 Å². The highest BCUT2D eigenvalue weighted by atomic mass is 32.1. The Hall–Kier alpha value is -1.42. The Morgan fingerprint density at radius 3 is 2.87 bits per heavy atom. The van der Waals surface area contributed by atoms with E-state index in [0.717, 1.165) is 16.5 Å². The molecule has 0 saturated heterocycles. The smallest absolute Gasteiger partial charge is 0.172 e. The molecule has 0 saturated carbocycles. The van der Waals surface area contributed by atoms with Gasteiger partial charge in [-0.25, -0.2) is 4.98 Å². The molecule has 2 rings (SSSR count). The molecule has 2 aromatic heterocycles. The molecule has 4 heteroatoms. The zero-order valence-corrected chi connectivity index (χ0v) is 9.43. The van der Waals surface area contributed by atoms with Gasteiger partial charge in [0.25, 0.3) is 0 Å². The molecule has 0 bridgehead atoms. The number of carbonyl (C=O) groups excluding carboxylic acids is 1. The summed E-state index contributed by atoms with van der Waals surface area (Å²) in [5.74, 6) is 0.810. The summed E-state index contributed by atoms with van der Waals surface area (Å²) in [7, 11) is 0. The minimum Gasteiger partial charge on any atom is -0.469 e. The van der Waals surface area contributed by atoms with Crippen LogP contribution in [0.3, 0.4) is 0 Å². The van der Waals surface area contributed by atoms with Crippen LogP contribution in [0, 0.1) is 13.8 Å². The molecule has 0 unspecified atom stereocenters. The summed E-state index contributed by atoms with van der Waals surface area (Å²) < 4.78 is 5.09. The number of rotatable bonds is 3. The molecule has 0 atom stereocenters. The number of hydrogen-bond acceptors (Lipinski definition) is 4. The molecule has 0 spiro atoms. The van der Waals surface area contributed by atoms with Crippen LogP contribution < -0.4 is 0 Å². The van der Waals surface area contributed by atoms with Crippen LogP contribution in [0.15, 0.2) is 22.1 Å². The predicted molar refractivity (Wildman–Crippen MR) is 58.3 cm³/mol. The first kappa shape index (κ1) is 10.1. The van der Waals surface area contributed by atoms with Gasteiger partial charge in [0.1, 0.15) is 12.0 Å². The van der Waals surface area contributed by atoms with E-state index in [0.29, 0.717) is 12.0 Å². The third-order valence-electron chi connectivity index (χ3n) is 2.06. The van der Waals surface area contributed by atoms with E-state index in [1.807, 2.05) is 19.2 Å². The summed E-state index contributed by atoms with van der Waals surface area (Å²) in [5, 5.41) is 2.90. The third kappa shape index (κ3) is 2.33. The van der Waals surface area contributed by atoms with E-state index in [4.69, 9.17) is 4.42 Å². The Kier molecular flexibility index (Phi) is 2.68. The quantitative estimate of drug-likeness (QED) is 0.748. The maximum absolute atomic E-state index is 11.7. The zero-order valence-electron chi connectivity index (χ0n) is 8.61. The van der Waals surface area contributed by atoms with Crippen LogP contribution in [0.2, 0.25) is 0 Å². The Morgan fingerprint density at radius 1 is 1.53 bits per heavy atom. The van der Waals surface area contributed by atoms with E-state index in [-0.39, 0.29) is 5.78 Å². The number of aryl methyl sites for hydroxylation is 2. The van der Waals surface area contributed by atoms with Crippen LogP contribution in [0.25, 0.3) is 0 Å². The van der Waals surface area contributed by atoms with Gasteiger partial charge in [-0.3, -0.25) is 4.79 Å². The van der Waals surface area contributed by atoms with Crippen LogP contribution in [0.4, 0.5) is 0 Å². The van der Waals surface area contributed by atoms with Gasteiger partial charge in [0.05, 0.1) is 22.7 Å². The summed E-state index contributed by atoms with van der Waals surface area (Å²) in [6.45, 7) is 3.75. The first-order valence-electron chi connectivity index (χ1n) is 4.64. The molecule has 0 aliphatic heterocycles. The maximum Gasteiger partial charge on any atom is 0.172 e. The summed E-state index contributed by atoms with van der Waals surface area (Å²) in [6, 6.07) is 1.75. The molecule has 0 fully saturated rings. The van der Waals surface area contributed by atoms with Crippen LogP contribution in [0.1, 0.15) is 26.8 Å². The minimum absolute atomic E-state index is 0.0529. The second-order valence-electron chi connectivity index (χ2n) is 3.40. The van der Waals surface area contributed by atoms with Gasteiger partial charge in [0, 0.05) is 5.38 Å². The molecule has 15 heavy (non-hydrogen) atoms.